The average Bonchev–Trinajstić information content (AvgIpc) is 2.45. The summed E-state index contributed by atoms with van der Waals surface area (Å²) in [6, 6.07) is 0. The van der Waals surface area contributed by atoms with Crippen LogP contribution in [0.2, 0.25) is 0 Å². The van der Waals surface area contributed by atoms with E-state index in [0.29, 0.717) is 42.9 Å². The number of aryl methyl sites for hydroxylation is 1. The highest BCUT2D eigenvalue weighted by Crippen LogP contribution is 2.23. The number of aromatic nitrogens is 1. The molecule has 1 aromatic rings. The Bertz CT molecular complexity index is 450. The van der Waals surface area contributed by atoms with E-state index in [1.54, 1.807) is 13.1 Å². The quantitative estimate of drug-likeness (QED) is 0.523. The van der Waals surface area contributed by atoms with Crippen LogP contribution >= 0.6 is 0 Å². The topological polar surface area (TPSA) is 94.5 Å². The van der Waals surface area contributed by atoms with Crippen molar-refractivity contribution in [1.29, 1.82) is 0 Å². The lowest BCUT2D eigenvalue weighted by molar-refractivity contribution is -0.120. The number of pyridine rings is 1. The fraction of sp³-hybridized carbons (Fsp3) is 0.571. The van der Waals surface area contributed by atoms with Gasteiger partial charge in [-0.1, -0.05) is 6.92 Å². The van der Waals surface area contributed by atoms with Gasteiger partial charge >= 0.3 is 0 Å². The van der Waals surface area contributed by atoms with E-state index in [2.05, 4.69) is 15.6 Å². The third-order valence-corrected chi connectivity index (χ3v) is 3.00. The summed E-state index contributed by atoms with van der Waals surface area (Å²) in [6.07, 6.45) is 2.86. The molecule has 1 amide bonds. The van der Waals surface area contributed by atoms with Gasteiger partial charge in [0.25, 0.3) is 0 Å². The van der Waals surface area contributed by atoms with Crippen LogP contribution in [0.3, 0.4) is 0 Å². The van der Waals surface area contributed by atoms with Crippen LogP contribution in [-0.2, 0) is 17.9 Å². The molecule has 0 spiro atoms. The first kappa shape index (κ1) is 16.4. The van der Waals surface area contributed by atoms with Crippen molar-refractivity contribution in [3.63, 3.8) is 0 Å². The van der Waals surface area contributed by atoms with Gasteiger partial charge in [0.05, 0.1) is 12.3 Å². The molecule has 0 saturated heterocycles. The molecular formula is C14H23N3O3. The van der Waals surface area contributed by atoms with E-state index in [-0.39, 0.29) is 18.3 Å². The molecule has 0 fully saturated rings. The Hall–Kier alpha value is -1.66. The molecule has 0 aliphatic rings. The summed E-state index contributed by atoms with van der Waals surface area (Å²) in [4.78, 5) is 15.4. The summed E-state index contributed by atoms with van der Waals surface area (Å²) < 4.78 is 0. The van der Waals surface area contributed by atoms with Gasteiger partial charge in [-0.15, -0.1) is 0 Å². The second kappa shape index (κ2) is 8.50. The number of aliphatic hydroxyl groups is 1. The number of nitrogens with zero attached hydrogens (tertiary/aromatic N) is 1. The highest BCUT2D eigenvalue weighted by molar-refractivity contribution is 5.75. The summed E-state index contributed by atoms with van der Waals surface area (Å²) >= 11 is 0. The van der Waals surface area contributed by atoms with E-state index in [4.69, 9.17) is 0 Å². The van der Waals surface area contributed by atoms with Crippen LogP contribution < -0.4 is 10.6 Å². The van der Waals surface area contributed by atoms with Crippen LogP contribution in [0.15, 0.2) is 6.20 Å². The van der Waals surface area contributed by atoms with Crippen molar-refractivity contribution in [2.24, 2.45) is 0 Å². The van der Waals surface area contributed by atoms with E-state index in [1.165, 1.54) is 0 Å². The minimum Gasteiger partial charge on any atom is -0.506 e. The first-order chi connectivity index (χ1) is 9.60. The predicted octanol–water partition coefficient (Wildman–Crippen LogP) is 0.594. The molecule has 1 heterocycles. The van der Waals surface area contributed by atoms with Crippen LogP contribution in [0.25, 0.3) is 0 Å². The molecule has 6 nitrogen and oxygen atoms in total. The van der Waals surface area contributed by atoms with E-state index < -0.39 is 0 Å². The number of amides is 1. The molecule has 0 radical (unpaired) electrons. The van der Waals surface area contributed by atoms with Crippen LogP contribution in [-0.4, -0.2) is 34.2 Å². The Balaban J connectivity index is 2.46. The number of nitrogens with one attached hydrogen (secondary N) is 2. The Morgan fingerprint density at radius 3 is 2.80 bits per heavy atom. The molecule has 112 valence electrons. The van der Waals surface area contributed by atoms with Crippen LogP contribution in [0.5, 0.6) is 5.75 Å². The van der Waals surface area contributed by atoms with Gasteiger partial charge in [-0.3, -0.25) is 9.78 Å². The summed E-state index contributed by atoms with van der Waals surface area (Å²) in [7, 11) is 0. The molecule has 1 rings (SSSR count). The number of hydrogen-bond acceptors (Lipinski definition) is 5. The molecule has 0 aromatic carbocycles. The van der Waals surface area contributed by atoms with E-state index >= 15 is 0 Å². The van der Waals surface area contributed by atoms with Crippen molar-refractivity contribution >= 4 is 5.91 Å². The molecule has 20 heavy (non-hydrogen) atoms. The normalized spacial score (nSPS) is 10.6. The Morgan fingerprint density at radius 1 is 1.40 bits per heavy atom. The molecular weight excluding hydrogens is 258 g/mol. The van der Waals surface area contributed by atoms with Crippen LogP contribution in [0.1, 0.15) is 36.6 Å². The number of hydrogen-bond donors (Lipinski definition) is 4. The minimum absolute atomic E-state index is 0.0110. The lowest BCUT2D eigenvalue weighted by Crippen LogP contribution is -2.28. The number of rotatable bonds is 8. The number of aromatic hydroxyl groups is 1. The molecule has 0 aliphatic carbocycles. The van der Waals surface area contributed by atoms with E-state index in [1.807, 2.05) is 6.92 Å². The Labute approximate surface area is 119 Å². The number of carbonyl (C=O) groups excluding carboxylic acids is 1. The summed E-state index contributed by atoms with van der Waals surface area (Å²) in [5.41, 5.74) is 1.75. The molecule has 1 aromatic heterocycles. The fourth-order valence-corrected chi connectivity index (χ4v) is 1.79. The maximum absolute atomic E-state index is 11.4. The Kier molecular flexibility index (Phi) is 6.97. The van der Waals surface area contributed by atoms with Gasteiger partial charge in [-0.05, 0) is 13.3 Å². The highest BCUT2D eigenvalue weighted by Gasteiger charge is 2.11. The van der Waals surface area contributed by atoms with Gasteiger partial charge in [0.2, 0.25) is 5.91 Å². The van der Waals surface area contributed by atoms with Gasteiger partial charge < -0.3 is 20.8 Å². The third kappa shape index (κ3) is 4.79. The lowest BCUT2D eigenvalue weighted by Gasteiger charge is -2.12. The number of carbonyl (C=O) groups is 1. The first-order valence-electron chi connectivity index (χ1n) is 6.84. The Morgan fingerprint density at radius 2 is 2.15 bits per heavy atom. The van der Waals surface area contributed by atoms with E-state index in [0.717, 1.165) is 6.42 Å². The largest absolute Gasteiger partial charge is 0.506 e. The lowest BCUT2D eigenvalue weighted by atomic mass is 10.1. The van der Waals surface area contributed by atoms with Crippen LogP contribution in [0.4, 0.5) is 0 Å². The van der Waals surface area contributed by atoms with Gasteiger partial charge in [0.1, 0.15) is 5.75 Å². The zero-order chi connectivity index (χ0) is 15.0. The van der Waals surface area contributed by atoms with Crippen molar-refractivity contribution < 1.29 is 15.0 Å². The second-order valence-electron chi connectivity index (χ2n) is 4.63. The average molecular weight is 281 g/mol. The van der Waals surface area contributed by atoms with Gasteiger partial charge in [-0.2, -0.15) is 0 Å². The SMILES string of the molecule is CCCNC(=O)CCNCc1c(CO)cnc(C)c1O. The van der Waals surface area contributed by atoms with Crippen molar-refractivity contribution in [3.8, 4) is 5.75 Å². The van der Waals surface area contributed by atoms with Gasteiger partial charge in [-0.25, -0.2) is 0 Å². The monoisotopic (exact) mass is 281 g/mol. The zero-order valence-corrected chi connectivity index (χ0v) is 12.1. The number of aliphatic hydroxyl groups excluding tert-OH is 1. The van der Waals surface area contributed by atoms with Crippen molar-refractivity contribution in [2.75, 3.05) is 13.1 Å². The van der Waals surface area contributed by atoms with Gasteiger partial charge in [0, 0.05) is 43.4 Å². The van der Waals surface area contributed by atoms with E-state index in [9.17, 15) is 15.0 Å². The van der Waals surface area contributed by atoms with Gasteiger partial charge in [0.15, 0.2) is 0 Å². The minimum atomic E-state index is -0.172. The molecule has 0 atom stereocenters. The molecule has 0 aliphatic heterocycles. The molecule has 0 unspecified atom stereocenters. The predicted molar refractivity (Wildman–Crippen MR) is 76.2 cm³/mol. The van der Waals surface area contributed by atoms with Crippen molar-refractivity contribution in [2.45, 2.75) is 39.8 Å². The van der Waals surface area contributed by atoms with Crippen molar-refractivity contribution in [1.82, 2.24) is 15.6 Å². The summed E-state index contributed by atoms with van der Waals surface area (Å²) in [6.45, 7) is 5.14. The standard InChI is InChI=1S/C14H23N3O3/c1-3-5-16-13(19)4-6-15-8-12-11(9-18)7-17-10(2)14(12)20/h7,15,18,20H,3-6,8-9H2,1-2H3,(H,16,19). The summed E-state index contributed by atoms with van der Waals surface area (Å²) in [5, 5.41) is 25.1. The molecule has 0 saturated carbocycles. The second-order valence-corrected chi connectivity index (χ2v) is 4.63. The van der Waals surface area contributed by atoms with Crippen molar-refractivity contribution in [3.05, 3.63) is 23.0 Å². The molecule has 4 N–H and O–H groups in total. The third-order valence-electron chi connectivity index (χ3n) is 3.00. The maximum Gasteiger partial charge on any atom is 0.221 e. The maximum atomic E-state index is 11.4. The fourth-order valence-electron chi connectivity index (χ4n) is 1.79. The molecule has 6 heteroatoms. The zero-order valence-electron chi connectivity index (χ0n) is 12.1. The molecule has 0 bridgehead atoms. The first-order valence-corrected chi connectivity index (χ1v) is 6.84. The van der Waals surface area contributed by atoms with Crippen LogP contribution in [0, 0.1) is 6.92 Å². The highest BCUT2D eigenvalue weighted by atomic mass is 16.3. The summed E-state index contributed by atoms with van der Waals surface area (Å²) in [5.74, 6) is 0.108. The smallest absolute Gasteiger partial charge is 0.221 e.